The fraction of sp³-hybridized carbons (Fsp3) is 0.600. The highest BCUT2D eigenvalue weighted by Crippen LogP contribution is 2.36. The Morgan fingerprint density at radius 3 is 2.30 bits per heavy atom. The van der Waals surface area contributed by atoms with Crippen molar-refractivity contribution < 1.29 is 16.8 Å². The maximum Gasteiger partial charge on any atom is 0.243 e. The first-order valence-electron chi connectivity index (χ1n) is 7.84. The molecule has 2 aliphatic heterocycles. The van der Waals surface area contributed by atoms with Gasteiger partial charge in [0.2, 0.25) is 20.0 Å². The molecular weight excluding hydrogens is 336 g/mol. The van der Waals surface area contributed by atoms with E-state index in [0.29, 0.717) is 25.2 Å². The Morgan fingerprint density at radius 1 is 1.04 bits per heavy atom. The molecule has 1 unspecified atom stereocenters. The van der Waals surface area contributed by atoms with Gasteiger partial charge in [-0.2, -0.15) is 4.31 Å². The quantitative estimate of drug-likeness (QED) is 0.822. The molecule has 1 fully saturated rings. The van der Waals surface area contributed by atoms with Crippen LogP contribution in [0, 0.1) is 0 Å². The normalized spacial score (nSPS) is 23.0. The Balaban J connectivity index is 1.98. The Morgan fingerprint density at radius 2 is 1.70 bits per heavy atom. The Labute approximate surface area is 138 Å². The lowest BCUT2D eigenvalue weighted by Crippen LogP contribution is -2.35. The highest BCUT2D eigenvalue weighted by Gasteiger charge is 2.34. The standard InChI is InChI=1S/C15H22N2O4S2/c1-12-10-13-11-14(6-7-15(13)17(12)22(2,18)19)23(20,21)16-8-4-3-5-9-16/h6-7,11-12H,3-5,8-10H2,1-2H3. The number of benzene rings is 1. The second kappa shape index (κ2) is 5.75. The summed E-state index contributed by atoms with van der Waals surface area (Å²) in [7, 11) is -6.85. The molecule has 0 aromatic heterocycles. The van der Waals surface area contributed by atoms with Crippen LogP contribution in [0.5, 0.6) is 0 Å². The third kappa shape index (κ3) is 2.99. The van der Waals surface area contributed by atoms with Gasteiger partial charge in [-0.25, -0.2) is 16.8 Å². The van der Waals surface area contributed by atoms with Crippen molar-refractivity contribution >= 4 is 25.7 Å². The van der Waals surface area contributed by atoms with Gasteiger partial charge in [-0.15, -0.1) is 0 Å². The molecule has 1 saturated heterocycles. The molecule has 23 heavy (non-hydrogen) atoms. The SMILES string of the molecule is CC1Cc2cc(S(=O)(=O)N3CCCCC3)ccc2N1S(C)(=O)=O. The molecule has 8 heteroatoms. The van der Waals surface area contributed by atoms with Crippen molar-refractivity contribution in [1.82, 2.24) is 4.31 Å². The number of hydrogen-bond donors (Lipinski definition) is 0. The summed E-state index contributed by atoms with van der Waals surface area (Å²) in [6.07, 6.45) is 4.56. The van der Waals surface area contributed by atoms with Crippen LogP contribution in [0.2, 0.25) is 0 Å². The molecule has 0 bridgehead atoms. The van der Waals surface area contributed by atoms with Crippen LogP contribution in [-0.4, -0.2) is 46.5 Å². The second-order valence-electron chi connectivity index (χ2n) is 6.37. The summed E-state index contributed by atoms with van der Waals surface area (Å²) in [5.74, 6) is 0. The predicted molar refractivity (Wildman–Crippen MR) is 89.5 cm³/mol. The van der Waals surface area contributed by atoms with E-state index in [2.05, 4.69) is 0 Å². The molecule has 0 saturated carbocycles. The number of rotatable bonds is 3. The molecule has 0 amide bonds. The van der Waals surface area contributed by atoms with Crippen LogP contribution >= 0.6 is 0 Å². The van der Waals surface area contributed by atoms with Crippen molar-refractivity contribution in [3.05, 3.63) is 23.8 Å². The van der Waals surface area contributed by atoms with Crippen LogP contribution in [0.25, 0.3) is 0 Å². The van der Waals surface area contributed by atoms with Gasteiger partial charge in [-0.1, -0.05) is 6.42 Å². The van der Waals surface area contributed by atoms with Gasteiger partial charge in [0.05, 0.1) is 16.8 Å². The van der Waals surface area contributed by atoms with Crippen LogP contribution in [0.15, 0.2) is 23.1 Å². The zero-order valence-electron chi connectivity index (χ0n) is 13.4. The largest absolute Gasteiger partial charge is 0.267 e. The van der Waals surface area contributed by atoms with Crippen molar-refractivity contribution in [2.24, 2.45) is 0 Å². The lowest BCUT2D eigenvalue weighted by Gasteiger charge is -2.26. The van der Waals surface area contributed by atoms with Gasteiger partial charge in [-0.05, 0) is 49.9 Å². The predicted octanol–water partition coefficient (Wildman–Crippen LogP) is 1.57. The monoisotopic (exact) mass is 358 g/mol. The van der Waals surface area contributed by atoms with Gasteiger partial charge >= 0.3 is 0 Å². The van der Waals surface area contributed by atoms with E-state index in [9.17, 15) is 16.8 Å². The lowest BCUT2D eigenvalue weighted by molar-refractivity contribution is 0.346. The maximum atomic E-state index is 12.7. The zero-order chi connectivity index (χ0) is 16.8. The average molecular weight is 358 g/mol. The van der Waals surface area contributed by atoms with E-state index in [1.807, 2.05) is 6.92 Å². The molecule has 0 N–H and O–H groups in total. The van der Waals surface area contributed by atoms with Crippen molar-refractivity contribution in [2.45, 2.75) is 43.5 Å². The Kier molecular flexibility index (Phi) is 4.18. The minimum Gasteiger partial charge on any atom is -0.267 e. The Bertz CT molecular complexity index is 812. The fourth-order valence-electron chi connectivity index (χ4n) is 3.50. The molecule has 0 spiro atoms. The first kappa shape index (κ1) is 16.7. The summed E-state index contributed by atoms with van der Waals surface area (Å²) in [5, 5.41) is 0. The molecule has 1 atom stereocenters. The molecule has 3 rings (SSSR count). The number of nitrogens with zero attached hydrogens (tertiary/aromatic N) is 2. The van der Waals surface area contributed by atoms with Gasteiger partial charge < -0.3 is 0 Å². The fourth-order valence-corrected chi connectivity index (χ4v) is 6.33. The maximum absolute atomic E-state index is 12.7. The van der Waals surface area contributed by atoms with Gasteiger partial charge in [0, 0.05) is 19.1 Å². The first-order chi connectivity index (χ1) is 10.7. The molecule has 2 heterocycles. The number of piperidine rings is 1. The van der Waals surface area contributed by atoms with Gasteiger partial charge in [-0.3, -0.25) is 4.31 Å². The third-order valence-corrected chi connectivity index (χ3v) is 7.68. The molecule has 2 aliphatic rings. The number of fused-ring (bicyclic) bond motifs is 1. The highest BCUT2D eigenvalue weighted by atomic mass is 32.2. The van der Waals surface area contributed by atoms with Crippen LogP contribution in [-0.2, 0) is 26.5 Å². The van der Waals surface area contributed by atoms with E-state index in [0.717, 1.165) is 24.8 Å². The third-order valence-electron chi connectivity index (χ3n) is 4.51. The Hall–Kier alpha value is -1.12. The smallest absolute Gasteiger partial charge is 0.243 e. The molecule has 0 radical (unpaired) electrons. The van der Waals surface area contributed by atoms with E-state index in [4.69, 9.17) is 0 Å². The number of sulfonamides is 2. The van der Waals surface area contributed by atoms with Gasteiger partial charge in [0.15, 0.2) is 0 Å². The zero-order valence-corrected chi connectivity index (χ0v) is 15.0. The molecule has 128 valence electrons. The lowest BCUT2D eigenvalue weighted by atomic mass is 10.1. The van der Waals surface area contributed by atoms with E-state index in [1.165, 1.54) is 20.9 Å². The van der Waals surface area contributed by atoms with E-state index in [1.54, 1.807) is 12.1 Å². The van der Waals surface area contributed by atoms with Crippen molar-refractivity contribution in [3.63, 3.8) is 0 Å². The van der Waals surface area contributed by atoms with Crippen molar-refractivity contribution in [1.29, 1.82) is 0 Å². The summed E-state index contributed by atoms with van der Waals surface area (Å²) >= 11 is 0. The van der Waals surface area contributed by atoms with E-state index >= 15 is 0 Å². The van der Waals surface area contributed by atoms with Crippen LogP contribution in [0.1, 0.15) is 31.7 Å². The summed E-state index contributed by atoms with van der Waals surface area (Å²) < 4.78 is 52.3. The molecular formula is C15H22N2O4S2. The molecule has 1 aromatic carbocycles. The van der Waals surface area contributed by atoms with Gasteiger partial charge in [0.25, 0.3) is 0 Å². The highest BCUT2D eigenvalue weighted by molar-refractivity contribution is 7.92. The van der Waals surface area contributed by atoms with Crippen LogP contribution in [0.3, 0.4) is 0 Å². The topological polar surface area (TPSA) is 74.8 Å². The minimum absolute atomic E-state index is 0.187. The van der Waals surface area contributed by atoms with Crippen LogP contribution < -0.4 is 4.31 Å². The summed E-state index contributed by atoms with van der Waals surface area (Å²) in [6, 6.07) is 4.60. The molecule has 6 nitrogen and oxygen atoms in total. The summed E-state index contributed by atoms with van der Waals surface area (Å²) in [6.45, 7) is 2.95. The molecule has 0 aliphatic carbocycles. The van der Waals surface area contributed by atoms with Gasteiger partial charge in [0.1, 0.15) is 0 Å². The first-order valence-corrected chi connectivity index (χ1v) is 11.1. The minimum atomic E-state index is -3.49. The van der Waals surface area contributed by atoms with Crippen LogP contribution in [0.4, 0.5) is 5.69 Å². The van der Waals surface area contributed by atoms with E-state index < -0.39 is 20.0 Å². The van der Waals surface area contributed by atoms with Crippen molar-refractivity contribution in [3.8, 4) is 0 Å². The molecule has 1 aromatic rings. The summed E-state index contributed by atoms with van der Waals surface area (Å²) in [4.78, 5) is 0.265. The van der Waals surface area contributed by atoms with Crippen molar-refractivity contribution in [2.75, 3.05) is 23.7 Å². The number of anilines is 1. The average Bonchev–Trinajstić information content (AvgIpc) is 2.82. The van der Waals surface area contributed by atoms with E-state index in [-0.39, 0.29) is 10.9 Å². The number of hydrogen-bond acceptors (Lipinski definition) is 4. The second-order valence-corrected chi connectivity index (χ2v) is 10.2. The summed E-state index contributed by atoms with van der Waals surface area (Å²) in [5.41, 5.74) is 1.37.